The molecule has 8 nitrogen and oxygen atoms in total. The second-order valence-electron chi connectivity index (χ2n) is 10.1. The zero-order valence-electron chi connectivity index (χ0n) is 21.7. The number of ether oxygens (including phenoxy) is 3. The highest BCUT2D eigenvalue weighted by Crippen LogP contribution is 2.51. The van der Waals surface area contributed by atoms with Gasteiger partial charge in [0.2, 0.25) is 0 Å². The summed E-state index contributed by atoms with van der Waals surface area (Å²) in [6, 6.07) is 31.0. The molecule has 2 bridgehead atoms. The molecule has 0 spiro atoms. The van der Waals surface area contributed by atoms with Gasteiger partial charge in [0.05, 0.1) is 6.10 Å². The van der Waals surface area contributed by atoms with E-state index >= 15 is 0 Å². The number of methoxy groups -OCH3 is 1. The first-order valence-electron chi connectivity index (χ1n) is 13.1. The molecule has 5 aromatic rings. The predicted octanol–water partition coefficient (Wildman–Crippen LogP) is 4.82. The fourth-order valence-electron chi connectivity index (χ4n) is 6.26. The van der Waals surface area contributed by atoms with Gasteiger partial charge in [-0.25, -0.2) is 15.0 Å². The summed E-state index contributed by atoms with van der Waals surface area (Å²) in [5, 5.41) is 0. The Hall–Kier alpha value is -4.11. The smallest absolute Gasteiger partial charge is 0.167 e. The molecule has 39 heavy (non-hydrogen) atoms. The standard InChI is InChI=1S/C31H29N5O3/c1-19-24-25(37-2)26(30(38-24)36-28(19)35-23-27(32)33-18-34-29(23)36)39-31(20-12-6-3-7-13-20,21-14-8-4-9-15-21)22-16-10-5-11-17-22/h3-19,24-26,30H,1-2H3,(H2,32,33,34). The molecule has 0 amide bonds. The summed E-state index contributed by atoms with van der Waals surface area (Å²) in [6.45, 7) is 2.09. The van der Waals surface area contributed by atoms with Crippen molar-refractivity contribution >= 4 is 17.0 Å². The van der Waals surface area contributed by atoms with Gasteiger partial charge in [-0.1, -0.05) is 97.9 Å². The third kappa shape index (κ3) is 3.52. The number of imidazole rings is 1. The molecule has 2 N–H and O–H groups in total. The van der Waals surface area contributed by atoms with Crippen LogP contribution >= 0.6 is 0 Å². The Morgan fingerprint density at radius 3 is 1.92 bits per heavy atom. The number of rotatable bonds is 6. The maximum atomic E-state index is 7.46. The van der Waals surface area contributed by atoms with Crippen molar-refractivity contribution < 1.29 is 14.2 Å². The van der Waals surface area contributed by atoms with E-state index in [1.807, 2.05) is 59.2 Å². The van der Waals surface area contributed by atoms with Crippen LogP contribution in [0.2, 0.25) is 0 Å². The van der Waals surface area contributed by atoms with Crippen LogP contribution in [0.25, 0.3) is 11.2 Å². The van der Waals surface area contributed by atoms with Crippen LogP contribution in [0, 0.1) is 0 Å². The van der Waals surface area contributed by atoms with Crippen LogP contribution < -0.4 is 5.73 Å². The number of hydrogen-bond acceptors (Lipinski definition) is 7. The van der Waals surface area contributed by atoms with Crippen LogP contribution in [-0.4, -0.2) is 44.9 Å². The average molecular weight is 520 g/mol. The maximum Gasteiger partial charge on any atom is 0.167 e. The highest BCUT2D eigenvalue weighted by molar-refractivity contribution is 5.82. The Bertz CT molecular complexity index is 1510. The van der Waals surface area contributed by atoms with E-state index in [0.717, 1.165) is 22.5 Å². The summed E-state index contributed by atoms with van der Waals surface area (Å²) < 4.78 is 22.3. The second-order valence-corrected chi connectivity index (χ2v) is 10.1. The number of hydrogen-bond donors (Lipinski definition) is 1. The highest BCUT2D eigenvalue weighted by Gasteiger charge is 2.57. The summed E-state index contributed by atoms with van der Waals surface area (Å²) >= 11 is 0. The minimum atomic E-state index is -0.945. The van der Waals surface area contributed by atoms with Crippen molar-refractivity contribution in [2.75, 3.05) is 12.8 Å². The van der Waals surface area contributed by atoms with Crippen molar-refractivity contribution in [3.8, 4) is 0 Å². The van der Waals surface area contributed by atoms with Gasteiger partial charge in [0.25, 0.3) is 0 Å². The van der Waals surface area contributed by atoms with E-state index in [4.69, 9.17) is 24.9 Å². The first-order chi connectivity index (χ1) is 19.1. The van der Waals surface area contributed by atoms with E-state index in [0.29, 0.717) is 17.0 Å². The monoisotopic (exact) mass is 519 g/mol. The van der Waals surface area contributed by atoms with Gasteiger partial charge < -0.3 is 19.9 Å². The Morgan fingerprint density at radius 2 is 1.38 bits per heavy atom. The number of aromatic nitrogens is 4. The molecular formula is C31H29N5O3. The zero-order chi connectivity index (χ0) is 26.6. The quantitative estimate of drug-likeness (QED) is 0.321. The lowest BCUT2D eigenvalue weighted by atomic mass is 9.79. The third-order valence-corrected chi connectivity index (χ3v) is 8.04. The lowest BCUT2D eigenvalue weighted by molar-refractivity contribution is -0.128. The van der Waals surface area contributed by atoms with Gasteiger partial charge in [0.15, 0.2) is 23.2 Å². The van der Waals surface area contributed by atoms with Gasteiger partial charge in [0.1, 0.15) is 30.0 Å². The normalized spacial score (nSPS) is 24.1. The summed E-state index contributed by atoms with van der Waals surface area (Å²) in [4.78, 5) is 13.6. The Kier molecular flexibility index (Phi) is 5.70. The van der Waals surface area contributed by atoms with E-state index in [2.05, 4.69) is 53.3 Å². The topological polar surface area (TPSA) is 97.3 Å². The number of benzene rings is 3. The van der Waals surface area contributed by atoms with Gasteiger partial charge >= 0.3 is 0 Å². The van der Waals surface area contributed by atoms with Crippen LogP contribution in [0.3, 0.4) is 0 Å². The van der Waals surface area contributed by atoms with Gasteiger partial charge in [-0.3, -0.25) is 4.57 Å². The molecule has 0 radical (unpaired) electrons. The van der Waals surface area contributed by atoms with E-state index in [1.165, 1.54) is 6.33 Å². The Morgan fingerprint density at radius 1 is 0.821 bits per heavy atom. The summed E-state index contributed by atoms with van der Waals surface area (Å²) in [7, 11) is 1.72. The molecule has 1 saturated heterocycles. The predicted molar refractivity (Wildman–Crippen MR) is 147 cm³/mol. The molecule has 196 valence electrons. The molecule has 7 rings (SSSR count). The van der Waals surface area contributed by atoms with Crippen LogP contribution in [0.5, 0.6) is 0 Å². The third-order valence-electron chi connectivity index (χ3n) is 8.04. The van der Waals surface area contributed by atoms with E-state index in [9.17, 15) is 0 Å². The largest absolute Gasteiger partial charge is 0.382 e. The SMILES string of the molecule is COC1C2OC(C1OC(c1ccccc1)(c1ccccc1)c1ccccc1)n1c(nc3c(N)ncnc31)C2C. The maximum absolute atomic E-state index is 7.46. The molecule has 5 atom stereocenters. The van der Waals surface area contributed by atoms with E-state index in [1.54, 1.807) is 7.11 Å². The van der Waals surface area contributed by atoms with Gasteiger partial charge in [0, 0.05) is 13.0 Å². The first kappa shape index (κ1) is 24.0. The molecule has 5 unspecified atom stereocenters. The molecule has 4 heterocycles. The average Bonchev–Trinajstić information content (AvgIpc) is 3.54. The molecule has 2 aliphatic heterocycles. The number of anilines is 1. The van der Waals surface area contributed by atoms with Crippen molar-refractivity contribution in [3.63, 3.8) is 0 Å². The Balaban J connectivity index is 1.46. The summed E-state index contributed by atoms with van der Waals surface area (Å²) in [5.74, 6) is 1.11. The summed E-state index contributed by atoms with van der Waals surface area (Å²) in [6.07, 6.45) is -0.177. The van der Waals surface area contributed by atoms with E-state index < -0.39 is 17.9 Å². The molecule has 0 aliphatic carbocycles. The highest BCUT2D eigenvalue weighted by atomic mass is 16.6. The van der Waals surface area contributed by atoms with Crippen molar-refractivity contribution in [1.29, 1.82) is 0 Å². The molecule has 2 aliphatic rings. The van der Waals surface area contributed by atoms with Crippen LogP contribution in [0.1, 0.15) is 41.6 Å². The van der Waals surface area contributed by atoms with Crippen molar-refractivity contribution in [1.82, 2.24) is 19.5 Å². The van der Waals surface area contributed by atoms with Gasteiger partial charge in [-0.2, -0.15) is 0 Å². The van der Waals surface area contributed by atoms with Crippen molar-refractivity contribution in [2.45, 2.75) is 43.0 Å². The second kappa shape index (κ2) is 9.27. The molecule has 3 aromatic carbocycles. The zero-order valence-corrected chi connectivity index (χ0v) is 21.7. The molecule has 2 aromatic heterocycles. The summed E-state index contributed by atoms with van der Waals surface area (Å²) in [5.41, 5.74) is 9.49. The first-order valence-corrected chi connectivity index (χ1v) is 13.1. The minimum absolute atomic E-state index is 0.0759. The van der Waals surface area contributed by atoms with Crippen molar-refractivity contribution in [2.24, 2.45) is 0 Å². The number of nitrogens with two attached hydrogens (primary N) is 1. The number of nitrogens with zero attached hydrogens (tertiary/aromatic N) is 4. The lowest BCUT2D eigenvalue weighted by Gasteiger charge is -2.40. The Labute approximate surface area is 226 Å². The van der Waals surface area contributed by atoms with Crippen LogP contribution in [-0.2, 0) is 19.8 Å². The van der Waals surface area contributed by atoms with E-state index in [-0.39, 0.29) is 18.1 Å². The van der Waals surface area contributed by atoms with Gasteiger partial charge in [-0.05, 0) is 16.7 Å². The number of nitrogen functional groups attached to an aromatic ring is 1. The van der Waals surface area contributed by atoms with Gasteiger partial charge in [-0.15, -0.1) is 0 Å². The fraction of sp³-hybridized carbons (Fsp3) is 0.258. The molecule has 0 saturated carbocycles. The van der Waals surface area contributed by atoms with Crippen LogP contribution in [0.15, 0.2) is 97.3 Å². The molecule has 1 fully saturated rings. The number of fused-ring (bicyclic) bond motifs is 6. The molecular weight excluding hydrogens is 490 g/mol. The van der Waals surface area contributed by atoms with Crippen LogP contribution in [0.4, 0.5) is 5.82 Å². The van der Waals surface area contributed by atoms with Crippen molar-refractivity contribution in [3.05, 3.63) is 120 Å². The fourth-order valence-corrected chi connectivity index (χ4v) is 6.26. The molecule has 8 heteroatoms. The minimum Gasteiger partial charge on any atom is -0.382 e. The lowest BCUT2D eigenvalue weighted by Crippen LogP contribution is -2.44.